The number of methoxy groups -OCH3 is 1. The van der Waals surface area contributed by atoms with E-state index in [0.29, 0.717) is 22.0 Å². The Balaban J connectivity index is 2.27. The number of halogens is 1. The van der Waals surface area contributed by atoms with Gasteiger partial charge in [-0.25, -0.2) is 4.79 Å². The van der Waals surface area contributed by atoms with Gasteiger partial charge in [0.15, 0.2) is 0 Å². The maximum absolute atomic E-state index is 12.0. The average Bonchev–Trinajstić information content (AvgIpc) is 2.86. The SMILES string of the molecule is COC(=O)c1ccc(Cl)c(NC(=O)c2conc2C)c1. The Morgan fingerprint density at radius 3 is 2.75 bits per heavy atom. The molecule has 1 aromatic carbocycles. The molecular weight excluding hydrogens is 284 g/mol. The van der Waals surface area contributed by atoms with Crippen molar-refractivity contribution in [1.29, 1.82) is 0 Å². The second kappa shape index (κ2) is 5.75. The summed E-state index contributed by atoms with van der Waals surface area (Å²) in [6, 6.07) is 4.45. The summed E-state index contributed by atoms with van der Waals surface area (Å²) in [4.78, 5) is 23.5. The second-order valence-corrected chi connectivity index (χ2v) is 4.36. The van der Waals surface area contributed by atoms with E-state index in [1.165, 1.54) is 31.6 Å². The van der Waals surface area contributed by atoms with Gasteiger partial charge in [0.25, 0.3) is 5.91 Å². The molecule has 0 aliphatic heterocycles. The van der Waals surface area contributed by atoms with E-state index in [2.05, 4.69) is 15.2 Å². The molecular formula is C13H11ClN2O4. The van der Waals surface area contributed by atoms with E-state index in [4.69, 9.17) is 16.1 Å². The van der Waals surface area contributed by atoms with Crippen molar-refractivity contribution >= 4 is 29.2 Å². The number of carbonyl (C=O) groups is 2. The average molecular weight is 295 g/mol. The van der Waals surface area contributed by atoms with Crippen molar-refractivity contribution < 1.29 is 18.8 Å². The molecule has 20 heavy (non-hydrogen) atoms. The molecule has 0 aliphatic carbocycles. The number of rotatable bonds is 3. The van der Waals surface area contributed by atoms with Crippen LogP contribution in [-0.2, 0) is 4.74 Å². The molecule has 0 radical (unpaired) electrons. The molecule has 0 unspecified atom stereocenters. The molecule has 6 nitrogen and oxygen atoms in total. The second-order valence-electron chi connectivity index (χ2n) is 3.95. The molecule has 0 bridgehead atoms. The number of nitrogens with zero attached hydrogens (tertiary/aromatic N) is 1. The Hall–Kier alpha value is -2.34. The van der Waals surface area contributed by atoms with Gasteiger partial charge in [0.2, 0.25) is 0 Å². The summed E-state index contributed by atoms with van der Waals surface area (Å²) in [5, 5.41) is 6.52. The molecule has 1 N–H and O–H groups in total. The Morgan fingerprint density at radius 1 is 1.40 bits per heavy atom. The van der Waals surface area contributed by atoms with E-state index in [9.17, 15) is 9.59 Å². The molecule has 0 saturated carbocycles. The van der Waals surface area contributed by atoms with Crippen molar-refractivity contribution in [2.24, 2.45) is 0 Å². The monoisotopic (exact) mass is 294 g/mol. The Bertz CT molecular complexity index is 666. The summed E-state index contributed by atoms with van der Waals surface area (Å²) < 4.78 is 9.30. The van der Waals surface area contributed by atoms with Crippen molar-refractivity contribution in [3.63, 3.8) is 0 Å². The van der Waals surface area contributed by atoms with Crippen LogP contribution in [0.3, 0.4) is 0 Å². The van der Waals surface area contributed by atoms with Crippen LogP contribution in [0.4, 0.5) is 5.69 Å². The highest BCUT2D eigenvalue weighted by molar-refractivity contribution is 6.34. The predicted octanol–water partition coefficient (Wildman–Crippen LogP) is 2.68. The van der Waals surface area contributed by atoms with Gasteiger partial charge in [0.05, 0.1) is 29.1 Å². The van der Waals surface area contributed by atoms with E-state index in [-0.39, 0.29) is 5.56 Å². The third-order valence-electron chi connectivity index (χ3n) is 2.63. The maximum atomic E-state index is 12.0. The Kier molecular flexibility index (Phi) is 4.05. The minimum absolute atomic E-state index is 0.286. The van der Waals surface area contributed by atoms with Gasteiger partial charge in [-0.05, 0) is 25.1 Å². The van der Waals surface area contributed by atoms with Crippen LogP contribution in [0.15, 0.2) is 29.0 Å². The smallest absolute Gasteiger partial charge is 0.337 e. The first-order valence-electron chi connectivity index (χ1n) is 5.63. The third kappa shape index (κ3) is 2.80. The highest BCUT2D eigenvalue weighted by atomic mass is 35.5. The molecule has 0 saturated heterocycles. The predicted molar refractivity (Wildman–Crippen MR) is 72.0 cm³/mol. The number of carbonyl (C=O) groups excluding carboxylic acids is 2. The largest absolute Gasteiger partial charge is 0.465 e. The number of esters is 1. The third-order valence-corrected chi connectivity index (χ3v) is 2.96. The van der Waals surface area contributed by atoms with Gasteiger partial charge in [-0.1, -0.05) is 16.8 Å². The van der Waals surface area contributed by atoms with E-state index in [1.807, 2.05) is 0 Å². The molecule has 0 fully saturated rings. The van der Waals surface area contributed by atoms with Gasteiger partial charge < -0.3 is 14.6 Å². The first-order valence-corrected chi connectivity index (χ1v) is 6.01. The minimum Gasteiger partial charge on any atom is -0.465 e. The van der Waals surface area contributed by atoms with Crippen LogP contribution in [0.25, 0.3) is 0 Å². The van der Waals surface area contributed by atoms with E-state index >= 15 is 0 Å². The van der Waals surface area contributed by atoms with Crippen LogP contribution >= 0.6 is 11.6 Å². The number of ether oxygens (including phenoxy) is 1. The van der Waals surface area contributed by atoms with Gasteiger partial charge in [0.1, 0.15) is 11.8 Å². The fourth-order valence-corrected chi connectivity index (χ4v) is 1.73. The summed E-state index contributed by atoms with van der Waals surface area (Å²) in [5.41, 5.74) is 1.35. The van der Waals surface area contributed by atoms with Gasteiger partial charge in [-0.15, -0.1) is 0 Å². The van der Waals surface area contributed by atoms with Gasteiger partial charge in [0, 0.05) is 0 Å². The van der Waals surface area contributed by atoms with Gasteiger partial charge >= 0.3 is 5.97 Å². The maximum Gasteiger partial charge on any atom is 0.337 e. The van der Waals surface area contributed by atoms with Crippen LogP contribution < -0.4 is 5.32 Å². The highest BCUT2D eigenvalue weighted by Crippen LogP contribution is 2.24. The van der Waals surface area contributed by atoms with Crippen LogP contribution in [0.1, 0.15) is 26.4 Å². The van der Waals surface area contributed by atoms with E-state index < -0.39 is 11.9 Å². The standard InChI is InChI=1S/C13H11ClN2O4/c1-7-9(6-20-16-7)12(17)15-11-5-8(13(18)19-2)3-4-10(11)14/h3-6H,1-2H3,(H,15,17). The van der Waals surface area contributed by atoms with Crippen molar-refractivity contribution in [1.82, 2.24) is 5.16 Å². The Labute approximate surface area is 119 Å². The van der Waals surface area contributed by atoms with Crippen LogP contribution in [0, 0.1) is 6.92 Å². The van der Waals surface area contributed by atoms with Crippen molar-refractivity contribution in [3.05, 3.63) is 46.3 Å². The molecule has 1 amide bonds. The van der Waals surface area contributed by atoms with Crippen LogP contribution in [-0.4, -0.2) is 24.1 Å². The summed E-state index contributed by atoms with van der Waals surface area (Å²) in [5.74, 6) is -0.939. The lowest BCUT2D eigenvalue weighted by atomic mass is 10.2. The number of aromatic nitrogens is 1. The number of anilines is 1. The van der Waals surface area contributed by atoms with E-state index in [1.54, 1.807) is 6.92 Å². The first kappa shape index (κ1) is 14.1. The Morgan fingerprint density at radius 2 is 2.15 bits per heavy atom. The van der Waals surface area contributed by atoms with Gasteiger partial charge in [-0.2, -0.15) is 0 Å². The number of aryl methyl sites for hydroxylation is 1. The summed E-state index contributed by atoms with van der Waals surface area (Å²) in [6.45, 7) is 1.64. The number of benzene rings is 1. The topological polar surface area (TPSA) is 81.4 Å². The molecule has 7 heteroatoms. The fourth-order valence-electron chi connectivity index (χ4n) is 1.57. The molecule has 1 heterocycles. The van der Waals surface area contributed by atoms with Crippen LogP contribution in [0.5, 0.6) is 0 Å². The lowest BCUT2D eigenvalue weighted by Gasteiger charge is -2.08. The fraction of sp³-hybridized carbons (Fsp3) is 0.154. The number of nitrogens with one attached hydrogen (secondary N) is 1. The first-order chi connectivity index (χ1) is 9.52. The molecule has 0 spiro atoms. The normalized spacial score (nSPS) is 10.2. The zero-order valence-corrected chi connectivity index (χ0v) is 11.5. The zero-order valence-electron chi connectivity index (χ0n) is 10.8. The molecule has 2 rings (SSSR count). The molecule has 0 aliphatic rings. The lowest BCUT2D eigenvalue weighted by molar-refractivity contribution is 0.0600. The van der Waals surface area contributed by atoms with E-state index in [0.717, 1.165) is 0 Å². The van der Waals surface area contributed by atoms with Crippen molar-refractivity contribution in [2.45, 2.75) is 6.92 Å². The highest BCUT2D eigenvalue weighted by Gasteiger charge is 2.15. The molecule has 2 aromatic rings. The summed E-state index contributed by atoms with van der Waals surface area (Å²) in [7, 11) is 1.27. The molecule has 0 atom stereocenters. The number of amides is 1. The summed E-state index contributed by atoms with van der Waals surface area (Å²) >= 11 is 5.98. The number of hydrogen-bond acceptors (Lipinski definition) is 5. The minimum atomic E-state index is -0.515. The summed E-state index contributed by atoms with van der Waals surface area (Å²) in [6.07, 6.45) is 1.24. The van der Waals surface area contributed by atoms with Gasteiger partial charge in [-0.3, -0.25) is 4.79 Å². The van der Waals surface area contributed by atoms with Crippen molar-refractivity contribution in [3.8, 4) is 0 Å². The molecule has 104 valence electrons. The van der Waals surface area contributed by atoms with Crippen LogP contribution in [0.2, 0.25) is 5.02 Å². The zero-order chi connectivity index (χ0) is 14.7. The van der Waals surface area contributed by atoms with Crippen molar-refractivity contribution in [2.75, 3.05) is 12.4 Å². The number of hydrogen-bond donors (Lipinski definition) is 1. The molecule has 1 aromatic heterocycles. The lowest BCUT2D eigenvalue weighted by Crippen LogP contribution is -2.13. The quantitative estimate of drug-likeness (QED) is 0.880.